The molecule has 1 heteroatoms. The van der Waals surface area contributed by atoms with Crippen LogP contribution in [0.25, 0.3) is 0 Å². The molecular formula is C7H9Cl. The molecule has 0 atom stereocenters. The highest BCUT2D eigenvalue weighted by molar-refractivity contribution is 6.30. The number of rotatable bonds is 2. The van der Waals surface area contributed by atoms with Crippen molar-refractivity contribution in [3.05, 3.63) is 12.2 Å². The van der Waals surface area contributed by atoms with Crippen LogP contribution >= 0.6 is 11.6 Å². The van der Waals surface area contributed by atoms with Crippen LogP contribution in [-0.4, -0.2) is 0 Å². The van der Waals surface area contributed by atoms with Crippen LogP contribution in [0.5, 0.6) is 0 Å². The van der Waals surface area contributed by atoms with Gasteiger partial charge in [-0.1, -0.05) is 25.3 Å². The van der Waals surface area contributed by atoms with Crippen molar-refractivity contribution >= 4 is 11.6 Å². The van der Waals surface area contributed by atoms with Gasteiger partial charge in [0.15, 0.2) is 0 Å². The number of allylic oxidation sites excluding steroid dienone is 2. The van der Waals surface area contributed by atoms with Crippen LogP contribution in [0.4, 0.5) is 0 Å². The van der Waals surface area contributed by atoms with Gasteiger partial charge in [-0.2, -0.15) is 0 Å². The largest absolute Gasteiger partial charge is 0.0761 e. The molecule has 0 aliphatic carbocycles. The average molecular weight is 129 g/mol. The molecule has 0 rings (SSSR count). The lowest BCUT2D eigenvalue weighted by Crippen LogP contribution is -1.57. The Morgan fingerprint density at radius 1 is 1.62 bits per heavy atom. The fourth-order valence-corrected chi connectivity index (χ4v) is 0.403. The fourth-order valence-electron chi connectivity index (χ4n) is 0.340. The second-order valence-corrected chi connectivity index (χ2v) is 1.62. The summed E-state index contributed by atoms with van der Waals surface area (Å²) >= 11 is 5.07. The monoisotopic (exact) mass is 128 g/mol. The standard InChI is InChI=1S/C7H9Cl/c1-2-3-4-5-6-7-8/h4-5H,2-3H2,1H3. The van der Waals surface area contributed by atoms with Crippen molar-refractivity contribution in [3.63, 3.8) is 0 Å². The maximum Gasteiger partial charge on any atom is 0.00888 e. The van der Waals surface area contributed by atoms with Crippen LogP contribution in [0.15, 0.2) is 12.2 Å². The first-order valence-corrected chi connectivity index (χ1v) is 3.05. The fraction of sp³-hybridized carbons (Fsp3) is 0.429. The van der Waals surface area contributed by atoms with Crippen molar-refractivity contribution < 1.29 is 0 Å². The summed E-state index contributed by atoms with van der Waals surface area (Å²) in [5, 5.41) is 2.26. The van der Waals surface area contributed by atoms with Crippen LogP contribution in [0, 0.1) is 11.3 Å². The third-order valence-electron chi connectivity index (χ3n) is 0.711. The van der Waals surface area contributed by atoms with Crippen LogP contribution in [0.3, 0.4) is 0 Å². The molecule has 0 amide bonds. The van der Waals surface area contributed by atoms with Crippen LogP contribution in [0.1, 0.15) is 19.8 Å². The van der Waals surface area contributed by atoms with Gasteiger partial charge in [0.2, 0.25) is 0 Å². The molecule has 0 aromatic heterocycles. The molecule has 0 unspecified atom stereocenters. The Morgan fingerprint density at radius 2 is 2.38 bits per heavy atom. The highest BCUT2D eigenvalue weighted by atomic mass is 35.5. The zero-order chi connectivity index (χ0) is 6.24. The molecule has 44 valence electrons. The highest BCUT2D eigenvalue weighted by Gasteiger charge is 1.67. The lowest BCUT2D eigenvalue weighted by molar-refractivity contribution is 0.959. The zero-order valence-corrected chi connectivity index (χ0v) is 5.70. The van der Waals surface area contributed by atoms with E-state index in [1.807, 2.05) is 6.08 Å². The Balaban J connectivity index is 3.16. The topological polar surface area (TPSA) is 0 Å². The van der Waals surface area contributed by atoms with Gasteiger partial charge in [0.1, 0.15) is 0 Å². The van der Waals surface area contributed by atoms with Crippen molar-refractivity contribution in [3.8, 4) is 11.3 Å². The SMILES string of the molecule is CCCC=CC#CCl. The van der Waals surface area contributed by atoms with E-state index < -0.39 is 0 Å². The van der Waals surface area contributed by atoms with Gasteiger partial charge in [0.05, 0.1) is 0 Å². The Bertz CT molecular complexity index is 114. The van der Waals surface area contributed by atoms with Gasteiger partial charge in [-0.3, -0.25) is 0 Å². The minimum Gasteiger partial charge on any atom is -0.0761 e. The molecule has 8 heavy (non-hydrogen) atoms. The average Bonchev–Trinajstić information content (AvgIpc) is 1.81. The van der Waals surface area contributed by atoms with Crippen molar-refractivity contribution in [1.29, 1.82) is 0 Å². The van der Waals surface area contributed by atoms with Gasteiger partial charge in [0.25, 0.3) is 0 Å². The smallest absolute Gasteiger partial charge is 0.00888 e. The minimum atomic E-state index is 1.09. The van der Waals surface area contributed by atoms with Crippen molar-refractivity contribution in [2.45, 2.75) is 19.8 Å². The second-order valence-electron chi connectivity index (χ2n) is 1.43. The maximum absolute atomic E-state index is 5.07. The van der Waals surface area contributed by atoms with E-state index in [4.69, 9.17) is 11.6 Å². The lowest BCUT2D eigenvalue weighted by atomic mass is 10.3. The van der Waals surface area contributed by atoms with E-state index in [-0.39, 0.29) is 0 Å². The Kier molecular flexibility index (Phi) is 6.25. The molecule has 0 saturated carbocycles. The van der Waals surface area contributed by atoms with Crippen molar-refractivity contribution in [1.82, 2.24) is 0 Å². The van der Waals surface area contributed by atoms with Gasteiger partial charge in [-0.05, 0) is 24.1 Å². The summed E-state index contributed by atoms with van der Waals surface area (Å²) in [5.41, 5.74) is 0. The van der Waals surface area contributed by atoms with Crippen LogP contribution in [0.2, 0.25) is 0 Å². The number of halogens is 1. The first kappa shape index (κ1) is 7.59. The van der Waals surface area contributed by atoms with Crippen molar-refractivity contribution in [2.24, 2.45) is 0 Å². The molecule has 0 fully saturated rings. The summed E-state index contributed by atoms with van der Waals surface area (Å²) in [6.45, 7) is 2.12. The summed E-state index contributed by atoms with van der Waals surface area (Å²) in [5.74, 6) is 2.62. The second kappa shape index (κ2) is 6.59. The van der Waals surface area contributed by atoms with Gasteiger partial charge in [0, 0.05) is 5.38 Å². The normalized spacial score (nSPS) is 8.75. The predicted molar refractivity (Wildman–Crippen MR) is 37.7 cm³/mol. The van der Waals surface area contributed by atoms with Gasteiger partial charge in [-0.15, -0.1) is 0 Å². The molecule has 0 saturated heterocycles. The quantitative estimate of drug-likeness (QED) is 0.502. The molecule has 0 N–H and O–H groups in total. The Hall–Kier alpha value is -0.410. The predicted octanol–water partition coefficient (Wildman–Crippen LogP) is 2.54. The molecule has 0 aliphatic heterocycles. The zero-order valence-electron chi connectivity index (χ0n) is 4.95. The van der Waals surface area contributed by atoms with Crippen LogP contribution in [-0.2, 0) is 0 Å². The van der Waals surface area contributed by atoms with Crippen molar-refractivity contribution in [2.75, 3.05) is 0 Å². The third kappa shape index (κ3) is 5.59. The van der Waals surface area contributed by atoms with E-state index in [2.05, 4.69) is 18.2 Å². The summed E-state index contributed by atoms with van der Waals surface area (Å²) in [4.78, 5) is 0. The number of hydrogen-bond acceptors (Lipinski definition) is 0. The van der Waals surface area contributed by atoms with Gasteiger partial charge >= 0.3 is 0 Å². The Morgan fingerprint density at radius 3 is 2.88 bits per heavy atom. The summed E-state index contributed by atoms with van der Waals surface area (Å²) in [6.07, 6.45) is 6.04. The summed E-state index contributed by atoms with van der Waals surface area (Å²) in [6, 6.07) is 0. The molecule has 0 spiro atoms. The molecule has 0 aromatic rings. The third-order valence-corrected chi connectivity index (χ3v) is 0.820. The molecule has 0 bridgehead atoms. The molecule has 0 heterocycles. The van der Waals surface area contributed by atoms with E-state index in [1.54, 1.807) is 6.08 Å². The molecular weight excluding hydrogens is 120 g/mol. The lowest BCUT2D eigenvalue weighted by Gasteiger charge is -1.76. The minimum absolute atomic E-state index is 1.09. The maximum atomic E-state index is 5.07. The van der Waals surface area contributed by atoms with E-state index in [9.17, 15) is 0 Å². The van der Waals surface area contributed by atoms with Gasteiger partial charge < -0.3 is 0 Å². The molecule has 0 radical (unpaired) electrons. The summed E-state index contributed by atoms with van der Waals surface area (Å²) < 4.78 is 0. The number of unbranched alkanes of at least 4 members (excludes halogenated alkanes) is 1. The highest BCUT2D eigenvalue weighted by Crippen LogP contribution is 1.86. The van der Waals surface area contributed by atoms with E-state index in [0.717, 1.165) is 6.42 Å². The Labute approximate surface area is 55.5 Å². The van der Waals surface area contributed by atoms with Gasteiger partial charge in [-0.25, -0.2) is 0 Å². The first-order chi connectivity index (χ1) is 3.91. The van der Waals surface area contributed by atoms with E-state index >= 15 is 0 Å². The molecule has 0 aliphatic rings. The molecule has 0 aromatic carbocycles. The van der Waals surface area contributed by atoms with E-state index in [0.29, 0.717) is 0 Å². The molecule has 0 nitrogen and oxygen atoms in total. The summed E-state index contributed by atoms with van der Waals surface area (Å²) in [7, 11) is 0. The van der Waals surface area contributed by atoms with Crippen LogP contribution < -0.4 is 0 Å². The number of hydrogen-bond donors (Lipinski definition) is 0. The van der Waals surface area contributed by atoms with E-state index in [1.165, 1.54) is 6.42 Å². The first-order valence-electron chi connectivity index (χ1n) is 2.68.